The van der Waals surface area contributed by atoms with Crippen LogP contribution in [0.2, 0.25) is 0 Å². The molecule has 0 aromatic carbocycles. The quantitative estimate of drug-likeness (QED) is 0.0321. The first-order valence-corrected chi connectivity index (χ1v) is 31.2. The summed E-state index contributed by atoms with van der Waals surface area (Å²) in [7, 11) is 0. The van der Waals surface area contributed by atoms with Crippen LogP contribution in [0.15, 0.2) is 36.5 Å². The molecule has 0 fully saturated rings. The van der Waals surface area contributed by atoms with Crippen LogP contribution < -0.4 is 5.32 Å². The summed E-state index contributed by atoms with van der Waals surface area (Å²) < 4.78 is 5.46. The predicted molar refractivity (Wildman–Crippen MR) is 306 cm³/mol. The number of rotatable bonds is 58. The van der Waals surface area contributed by atoms with E-state index in [2.05, 4.69) is 55.6 Å². The van der Waals surface area contributed by atoms with Gasteiger partial charge in [0.2, 0.25) is 5.91 Å². The molecule has 0 bridgehead atoms. The van der Waals surface area contributed by atoms with Crippen molar-refractivity contribution < 1.29 is 24.5 Å². The van der Waals surface area contributed by atoms with Gasteiger partial charge >= 0.3 is 5.97 Å². The monoisotopic (exact) mass is 984 g/mol. The maximum Gasteiger partial charge on any atom is 0.305 e. The lowest BCUT2D eigenvalue weighted by molar-refractivity contribution is -0.143. The van der Waals surface area contributed by atoms with Crippen LogP contribution in [0, 0.1) is 0 Å². The van der Waals surface area contributed by atoms with Crippen molar-refractivity contribution in [3.05, 3.63) is 36.5 Å². The molecule has 0 rings (SSSR count). The maximum absolute atomic E-state index is 12.5. The Balaban J connectivity index is 3.46. The number of aliphatic hydroxyl groups is 2. The summed E-state index contributed by atoms with van der Waals surface area (Å²) >= 11 is 0. The first-order chi connectivity index (χ1) is 34.5. The van der Waals surface area contributed by atoms with Gasteiger partial charge in [0.15, 0.2) is 0 Å². The Labute approximate surface area is 436 Å². The zero-order chi connectivity index (χ0) is 50.7. The van der Waals surface area contributed by atoms with Gasteiger partial charge in [-0.2, -0.15) is 0 Å². The minimum Gasteiger partial charge on any atom is -0.466 e. The molecule has 0 aliphatic heterocycles. The standard InChI is InChI=1S/C64H121NO5/c1-3-5-7-9-11-13-15-17-18-19-20-21-22-23-24-26-29-33-36-40-44-48-52-56-62(67)61(60-66)65-63(68)57-53-49-45-41-37-34-30-27-25-28-31-35-39-43-47-51-55-59-70-64(69)58-54-50-46-42-38-32-16-14-12-10-8-6-4-2/h8,10,14,16,25,28,61-62,66-67H,3-7,9,11-13,15,17-24,26-27,29-60H2,1-2H3,(H,65,68)/b10-8-,16-14-,28-25-. The van der Waals surface area contributed by atoms with Gasteiger partial charge in [0.25, 0.3) is 0 Å². The van der Waals surface area contributed by atoms with E-state index in [1.54, 1.807) is 0 Å². The van der Waals surface area contributed by atoms with E-state index >= 15 is 0 Å². The lowest BCUT2D eigenvalue weighted by atomic mass is 10.0. The smallest absolute Gasteiger partial charge is 0.305 e. The number of hydrogen-bond donors (Lipinski definition) is 3. The molecule has 0 heterocycles. The molecule has 0 aromatic heterocycles. The number of carbonyl (C=O) groups excluding carboxylic acids is 2. The third-order valence-electron chi connectivity index (χ3n) is 14.4. The number of carbonyl (C=O) groups is 2. The Morgan fingerprint density at radius 3 is 1.16 bits per heavy atom. The van der Waals surface area contributed by atoms with Crippen LogP contribution in [0.25, 0.3) is 0 Å². The molecule has 0 radical (unpaired) electrons. The molecule has 3 N–H and O–H groups in total. The number of unbranched alkanes of at least 4 members (excludes halogenated alkanes) is 41. The van der Waals surface area contributed by atoms with Crippen molar-refractivity contribution >= 4 is 11.9 Å². The fraction of sp³-hybridized carbons (Fsp3) is 0.875. The van der Waals surface area contributed by atoms with Crippen LogP contribution >= 0.6 is 0 Å². The molecule has 0 aromatic rings. The maximum atomic E-state index is 12.5. The molecule has 0 saturated carbocycles. The average molecular weight is 985 g/mol. The molecule has 0 saturated heterocycles. The highest BCUT2D eigenvalue weighted by Crippen LogP contribution is 2.18. The molecule has 70 heavy (non-hydrogen) atoms. The zero-order valence-corrected chi connectivity index (χ0v) is 47.0. The molecular formula is C64H121NO5. The molecular weight excluding hydrogens is 863 g/mol. The Kier molecular flexibility index (Phi) is 58.0. The third kappa shape index (κ3) is 55.4. The third-order valence-corrected chi connectivity index (χ3v) is 14.4. The minimum absolute atomic E-state index is 0.0168. The van der Waals surface area contributed by atoms with Gasteiger partial charge in [0.05, 0.1) is 25.4 Å². The Morgan fingerprint density at radius 1 is 0.400 bits per heavy atom. The van der Waals surface area contributed by atoms with Crippen LogP contribution in [0.3, 0.4) is 0 Å². The Hall–Kier alpha value is -1.92. The van der Waals surface area contributed by atoms with E-state index < -0.39 is 12.1 Å². The van der Waals surface area contributed by atoms with Crippen molar-refractivity contribution in [1.29, 1.82) is 0 Å². The number of aliphatic hydroxyl groups excluding tert-OH is 2. The van der Waals surface area contributed by atoms with E-state index in [1.165, 1.54) is 238 Å². The highest BCUT2D eigenvalue weighted by molar-refractivity contribution is 5.76. The summed E-state index contributed by atoms with van der Waals surface area (Å²) in [4.78, 5) is 24.5. The SMILES string of the molecule is CCC/C=C\C/C=C\CCCCCCCC(=O)OCCCCCCCC/C=C\CCCCCCCCCC(=O)NC(CO)C(O)CCCCCCCCCCCCCCCCCCCCCCCCC. The van der Waals surface area contributed by atoms with Crippen LogP contribution in [0.4, 0.5) is 0 Å². The number of allylic oxidation sites excluding steroid dienone is 6. The fourth-order valence-electron chi connectivity index (χ4n) is 9.61. The lowest BCUT2D eigenvalue weighted by Crippen LogP contribution is -2.45. The van der Waals surface area contributed by atoms with E-state index in [0.29, 0.717) is 25.9 Å². The summed E-state index contributed by atoms with van der Waals surface area (Å²) in [6.07, 6.45) is 74.4. The Bertz CT molecular complexity index is 1130. The molecule has 0 aliphatic rings. The van der Waals surface area contributed by atoms with Gasteiger partial charge in [0, 0.05) is 12.8 Å². The van der Waals surface area contributed by atoms with Crippen molar-refractivity contribution in [2.75, 3.05) is 13.2 Å². The number of esters is 1. The van der Waals surface area contributed by atoms with E-state index in [4.69, 9.17) is 4.74 Å². The highest BCUT2D eigenvalue weighted by atomic mass is 16.5. The van der Waals surface area contributed by atoms with Crippen LogP contribution in [0.1, 0.15) is 335 Å². The van der Waals surface area contributed by atoms with E-state index in [9.17, 15) is 19.8 Å². The summed E-state index contributed by atoms with van der Waals surface area (Å²) in [5.41, 5.74) is 0. The van der Waals surface area contributed by atoms with E-state index in [0.717, 1.165) is 64.2 Å². The van der Waals surface area contributed by atoms with Crippen LogP contribution in [-0.2, 0) is 14.3 Å². The van der Waals surface area contributed by atoms with Gasteiger partial charge in [-0.3, -0.25) is 9.59 Å². The summed E-state index contributed by atoms with van der Waals surface area (Å²) in [5.74, 6) is -0.0614. The topological polar surface area (TPSA) is 95.9 Å². The van der Waals surface area contributed by atoms with Gasteiger partial charge in [-0.15, -0.1) is 0 Å². The van der Waals surface area contributed by atoms with Gasteiger partial charge in [-0.05, 0) is 77.0 Å². The number of amides is 1. The van der Waals surface area contributed by atoms with Crippen molar-refractivity contribution in [2.24, 2.45) is 0 Å². The fourth-order valence-corrected chi connectivity index (χ4v) is 9.61. The van der Waals surface area contributed by atoms with Crippen LogP contribution in [-0.4, -0.2) is 47.4 Å². The summed E-state index contributed by atoms with van der Waals surface area (Å²) in [6, 6.07) is -0.552. The number of ether oxygens (including phenoxy) is 1. The number of hydrogen-bond acceptors (Lipinski definition) is 5. The predicted octanol–water partition coefficient (Wildman–Crippen LogP) is 19.6. The molecule has 412 valence electrons. The molecule has 6 heteroatoms. The molecule has 1 amide bonds. The van der Waals surface area contributed by atoms with Gasteiger partial charge in [-0.1, -0.05) is 281 Å². The zero-order valence-electron chi connectivity index (χ0n) is 47.0. The molecule has 0 aliphatic carbocycles. The average Bonchev–Trinajstić information content (AvgIpc) is 3.36. The van der Waals surface area contributed by atoms with Crippen molar-refractivity contribution in [2.45, 2.75) is 347 Å². The first kappa shape index (κ1) is 68.1. The Morgan fingerprint density at radius 2 is 0.743 bits per heavy atom. The number of nitrogens with one attached hydrogen (secondary N) is 1. The highest BCUT2D eigenvalue weighted by Gasteiger charge is 2.20. The lowest BCUT2D eigenvalue weighted by Gasteiger charge is -2.22. The molecule has 6 nitrogen and oxygen atoms in total. The van der Waals surface area contributed by atoms with Crippen molar-refractivity contribution in [3.63, 3.8) is 0 Å². The second-order valence-corrected chi connectivity index (χ2v) is 21.4. The second kappa shape index (κ2) is 59.6. The summed E-state index contributed by atoms with van der Waals surface area (Å²) in [5, 5.41) is 23.4. The minimum atomic E-state index is -0.674. The molecule has 2 atom stereocenters. The van der Waals surface area contributed by atoms with Crippen molar-refractivity contribution in [1.82, 2.24) is 5.32 Å². The van der Waals surface area contributed by atoms with E-state index in [1.807, 2.05) is 0 Å². The van der Waals surface area contributed by atoms with Crippen LogP contribution in [0.5, 0.6) is 0 Å². The largest absolute Gasteiger partial charge is 0.466 e. The normalized spacial score (nSPS) is 12.8. The van der Waals surface area contributed by atoms with E-state index in [-0.39, 0.29) is 18.5 Å². The summed E-state index contributed by atoms with van der Waals surface area (Å²) in [6.45, 7) is 4.88. The van der Waals surface area contributed by atoms with Gasteiger partial charge < -0.3 is 20.3 Å². The van der Waals surface area contributed by atoms with Gasteiger partial charge in [-0.25, -0.2) is 0 Å². The molecule has 0 spiro atoms. The van der Waals surface area contributed by atoms with Gasteiger partial charge in [0.1, 0.15) is 0 Å². The first-order valence-electron chi connectivity index (χ1n) is 31.2. The second-order valence-electron chi connectivity index (χ2n) is 21.4. The molecule has 2 unspecified atom stereocenters. The van der Waals surface area contributed by atoms with Crippen molar-refractivity contribution in [3.8, 4) is 0 Å².